The van der Waals surface area contributed by atoms with Gasteiger partial charge in [0.1, 0.15) is 10.8 Å². The van der Waals surface area contributed by atoms with Crippen LogP contribution in [0.3, 0.4) is 0 Å². The lowest BCUT2D eigenvalue weighted by molar-refractivity contribution is -0.123. The first-order valence-corrected chi connectivity index (χ1v) is 7.85. The molecule has 0 bridgehead atoms. The Morgan fingerprint density at radius 2 is 2.04 bits per heavy atom. The number of hydrazone groups is 1. The molecule has 0 saturated carbocycles. The summed E-state index contributed by atoms with van der Waals surface area (Å²) in [6.45, 7) is -0.217. The van der Waals surface area contributed by atoms with Gasteiger partial charge in [-0.05, 0) is 18.2 Å². The molecule has 5 nitrogen and oxygen atoms in total. The molecule has 2 N–H and O–H groups in total. The number of nitrogens with zero attached hydrogens (tertiary/aromatic N) is 1. The molecule has 2 aromatic carbocycles. The van der Waals surface area contributed by atoms with Crippen molar-refractivity contribution in [2.24, 2.45) is 5.10 Å². The average Bonchev–Trinajstić information content (AvgIpc) is 3.00. The van der Waals surface area contributed by atoms with Crippen LogP contribution in [0.5, 0.6) is 5.75 Å². The first kappa shape index (κ1) is 16.4. The number of para-hydroxylation sites is 1. The maximum atomic E-state index is 11.8. The second-order valence-electron chi connectivity index (χ2n) is 4.92. The summed E-state index contributed by atoms with van der Waals surface area (Å²) in [7, 11) is 0. The van der Waals surface area contributed by atoms with E-state index in [2.05, 4.69) is 15.5 Å². The highest BCUT2D eigenvalue weighted by molar-refractivity contribution is 6.42. The Bertz CT molecular complexity index is 906. The summed E-state index contributed by atoms with van der Waals surface area (Å²) < 4.78 is 5.33. The van der Waals surface area contributed by atoms with Gasteiger partial charge in [0.25, 0.3) is 5.91 Å². The van der Waals surface area contributed by atoms with E-state index in [0.29, 0.717) is 10.8 Å². The van der Waals surface area contributed by atoms with Crippen LogP contribution >= 0.6 is 23.2 Å². The Labute approximate surface area is 148 Å². The summed E-state index contributed by atoms with van der Waals surface area (Å²) in [5.41, 5.74) is 4.29. The molecular weight excluding hydrogens is 349 g/mol. The van der Waals surface area contributed by atoms with Crippen LogP contribution < -0.4 is 10.2 Å². The third-order valence-electron chi connectivity index (χ3n) is 3.29. The van der Waals surface area contributed by atoms with Gasteiger partial charge in [0.05, 0.1) is 11.2 Å². The van der Waals surface area contributed by atoms with Gasteiger partial charge in [0, 0.05) is 22.7 Å². The molecule has 1 heterocycles. The van der Waals surface area contributed by atoms with Crippen molar-refractivity contribution in [1.82, 2.24) is 10.4 Å². The smallest absolute Gasteiger partial charge is 0.277 e. The molecule has 3 aromatic rings. The van der Waals surface area contributed by atoms with Gasteiger partial charge in [-0.25, -0.2) is 5.43 Å². The number of hydrogen-bond acceptors (Lipinski definition) is 3. The minimum Gasteiger partial charge on any atom is -0.482 e. The van der Waals surface area contributed by atoms with E-state index in [9.17, 15) is 4.79 Å². The van der Waals surface area contributed by atoms with Crippen molar-refractivity contribution in [1.29, 1.82) is 0 Å². The van der Waals surface area contributed by atoms with Gasteiger partial charge in [0.2, 0.25) is 0 Å². The number of H-pyrrole nitrogens is 1. The minimum atomic E-state index is -0.401. The van der Waals surface area contributed by atoms with Crippen molar-refractivity contribution in [2.45, 2.75) is 0 Å². The highest BCUT2D eigenvalue weighted by atomic mass is 35.5. The number of halogens is 2. The van der Waals surface area contributed by atoms with Gasteiger partial charge >= 0.3 is 0 Å². The number of rotatable bonds is 5. The minimum absolute atomic E-state index is 0.217. The molecule has 0 aliphatic heterocycles. The Kier molecular flexibility index (Phi) is 5.03. The lowest BCUT2D eigenvalue weighted by atomic mass is 10.2. The number of ether oxygens (including phenoxy) is 1. The first-order valence-electron chi connectivity index (χ1n) is 7.10. The van der Waals surface area contributed by atoms with Gasteiger partial charge < -0.3 is 9.72 Å². The predicted molar refractivity (Wildman–Crippen MR) is 96.0 cm³/mol. The van der Waals surface area contributed by atoms with Crippen LogP contribution in [-0.2, 0) is 4.79 Å². The number of aromatic amines is 1. The van der Waals surface area contributed by atoms with Gasteiger partial charge in [-0.3, -0.25) is 4.79 Å². The van der Waals surface area contributed by atoms with E-state index in [4.69, 9.17) is 27.9 Å². The van der Waals surface area contributed by atoms with Gasteiger partial charge in [0.15, 0.2) is 6.61 Å². The van der Waals surface area contributed by atoms with Gasteiger partial charge in [-0.15, -0.1) is 0 Å². The number of fused-ring (bicyclic) bond motifs is 1. The Balaban J connectivity index is 1.56. The summed E-state index contributed by atoms with van der Waals surface area (Å²) in [6.07, 6.45) is 3.39. The van der Waals surface area contributed by atoms with Crippen molar-refractivity contribution < 1.29 is 9.53 Å². The van der Waals surface area contributed by atoms with Crippen molar-refractivity contribution in [3.05, 3.63) is 64.3 Å². The second-order valence-corrected chi connectivity index (χ2v) is 5.71. The lowest BCUT2D eigenvalue weighted by Crippen LogP contribution is -2.24. The van der Waals surface area contributed by atoms with E-state index >= 15 is 0 Å². The van der Waals surface area contributed by atoms with E-state index in [1.54, 1.807) is 24.4 Å². The zero-order valence-corrected chi connectivity index (χ0v) is 13.9. The van der Waals surface area contributed by atoms with Crippen molar-refractivity contribution in [2.75, 3.05) is 6.61 Å². The van der Waals surface area contributed by atoms with E-state index < -0.39 is 5.91 Å². The van der Waals surface area contributed by atoms with Crippen molar-refractivity contribution in [3.8, 4) is 5.75 Å². The van der Waals surface area contributed by atoms with Crippen LogP contribution in [0.4, 0.5) is 0 Å². The molecule has 7 heteroatoms. The molecule has 3 rings (SSSR count). The predicted octanol–water partition coefficient (Wildman–Crippen LogP) is 4.00. The zero-order chi connectivity index (χ0) is 16.9. The van der Waals surface area contributed by atoms with Crippen LogP contribution in [0.1, 0.15) is 5.56 Å². The van der Waals surface area contributed by atoms with Crippen LogP contribution in [-0.4, -0.2) is 23.7 Å². The van der Waals surface area contributed by atoms with Crippen LogP contribution in [0.2, 0.25) is 10.0 Å². The average molecular weight is 362 g/mol. The molecule has 1 aromatic heterocycles. The maximum absolute atomic E-state index is 11.8. The molecule has 0 spiro atoms. The number of nitrogens with one attached hydrogen (secondary N) is 2. The number of benzene rings is 2. The second kappa shape index (κ2) is 7.38. The third-order valence-corrected chi connectivity index (χ3v) is 4.09. The summed E-state index contributed by atoms with van der Waals surface area (Å²) in [4.78, 5) is 14.9. The third kappa shape index (κ3) is 3.69. The summed E-state index contributed by atoms with van der Waals surface area (Å²) in [6, 6.07) is 12.8. The normalized spacial score (nSPS) is 11.1. The number of carbonyl (C=O) groups is 1. The molecule has 1 amide bonds. The maximum Gasteiger partial charge on any atom is 0.277 e. The molecule has 0 aliphatic carbocycles. The molecule has 122 valence electrons. The summed E-state index contributed by atoms with van der Waals surface area (Å²) in [5, 5.41) is 5.60. The Morgan fingerprint density at radius 3 is 2.92 bits per heavy atom. The standard InChI is InChI=1S/C17H13Cl2N3O2/c18-13-5-3-7-15(17(13)19)24-10-16(23)22-21-9-11-8-20-14-6-2-1-4-12(11)14/h1-9,20H,10H2,(H,22,23). The molecular formula is C17H13Cl2N3O2. The molecule has 0 radical (unpaired) electrons. The van der Waals surface area contributed by atoms with Crippen molar-refractivity contribution >= 4 is 46.2 Å². The molecule has 0 aliphatic rings. The highest BCUT2D eigenvalue weighted by Gasteiger charge is 2.08. The van der Waals surface area contributed by atoms with Crippen LogP contribution in [0, 0.1) is 0 Å². The molecule has 0 unspecified atom stereocenters. The fraction of sp³-hybridized carbons (Fsp3) is 0.0588. The van der Waals surface area contributed by atoms with E-state index in [1.807, 2.05) is 30.5 Å². The van der Waals surface area contributed by atoms with Crippen molar-refractivity contribution in [3.63, 3.8) is 0 Å². The van der Waals surface area contributed by atoms with Crippen LogP contribution in [0.15, 0.2) is 53.8 Å². The van der Waals surface area contributed by atoms with Gasteiger partial charge in [-0.2, -0.15) is 5.10 Å². The number of carbonyl (C=O) groups excluding carboxylic acids is 1. The summed E-state index contributed by atoms with van der Waals surface area (Å²) >= 11 is 11.9. The zero-order valence-electron chi connectivity index (χ0n) is 12.4. The number of amides is 1. The fourth-order valence-corrected chi connectivity index (χ4v) is 2.49. The van der Waals surface area contributed by atoms with E-state index in [1.165, 1.54) is 0 Å². The largest absolute Gasteiger partial charge is 0.482 e. The van der Waals surface area contributed by atoms with E-state index in [0.717, 1.165) is 16.5 Å². The first-order chi connectivity index (χ1) is 11.6. The van der Waals surface area contributed by atoms with E-state index in [-0.39, 0.29) is 11.6 Å². The summed E-state index contributed by atoms with van der Waals surface area (Å²) in [5.74, 6) is -0.0536. The Morgan fingerprint density at radius 1 is 1.21 bits per heavy atom. The van der Waals surface area contributed by atoms with Gasteiger partial charge in [-0.1, -0.05) is 47.5 Å². The molecule has 0 atom stereocenters. The highest BCUT2D eigenvalue weighted by Crippen LogP contribution is 2.31. The SMILES string of the molecule is O=C(COc1cccc(Cl)c1Cl)NN=Cc1c[nH]c2ccccc12. The number of hydrogen-bond donors (Lipinski definition) is 2. The fourth-order valence-electron chi connectivity index (χ4n) is 2.15. The monoisotopic (exact) mass is 361 g/mol. The molecule has 24 heavy (non-hydrogen) atoms. The quantitative estimate of drug-likeness (QED) is 0.532. The van der Waals surface area contributed by atoms with Crippen LogP contribution in [0.25, 0.3) is 10.9 Å². The number of aromatic nitrogens is 1. The lowest BCUT2D eigenvalue weighted by Gasteiger charge is -2.07. The Hall–Kier alpha value is -2.50. The molecule has 0 fully saturated rings. The topological polar surface area (TPSA) is 66.5 Å². The molecule has 0 saturated heterocycles.